The van der Waals surface area contributed by atoms with Crippen molar-refractivity contribution < 1.29 is 0 Å². The van der Waals surface area contributed by atoms with Gasteiger partial charge < -0.3 is 0 Å². The molecule has 0 aliphatic carbocycles. The lowest BCUT2D eigenvalue weighted by Gasteiger charge is -2.15. The molecule has 0 saturated carbocycles. The molecule has 2 aromatic heterocycles. The van der Waals surface area contributed by atoms with E-state index in [4.69, 9.17) is 0 Å². The van der Waals surface area contributed by atoms with Crippen LogP contribution in [-0.4, -0.2) is 28.8 Å². The first-order chi connectivity index (χ1) is 6.00. The Hall–Kier alpha value is -1.20. The van der Waals surface area contributed by atoms with Crippen LogP contribution in [0.5, 0.6) is 0 Å². The average molecular weight is 162 g/mol. The third-order valence-electron chi connectivity index (χ3n) is 4.90. The maximum absolute atomic E-state index is 2.50. The molecule has 0 radical (unpaired) electrons. The normalized spacial score (nSPS) is 63.0. The molecule has 0 aromatic carbocycles. The predicted octanol–water partition coefficient (Wildman–Crippen LogP) is -0.490. The van der Waals surface area contributed by atoms with Gasteiger partial charge in [0.1, 0.15) is 36.3 Å². The molecule has 0 unspecified atom stereocenters. The Kier molecular flexibility index (Phi) is 0.192. The summed E-state index contributed by atoms with van der Waals surface area (Å²) in [7, 11) is 0. The lowest BCUT2D eigenvalue weighted by Crippen LogP contribution is -2.17. The number of rotatable bonds is 0. The maximum Gasteiger partial charge on any atom is 0.123 e. The van der Waals surface area contributed by atoms with Gasteiger partial charge in [-0.1, -0.05) is 0 Å². The van der Waals surface area contributed by atoms with Gasteiger partial charge in [0.15, 0.2) is 0 Å². The molecule has 12 heavy (non-hydrogen) atoms. The van der Waals surface area contributed by atoms with E-state index in [2.05, 4.69) is 28.8 Å². The first-order valence-electron chi connectivity index (χ1n) is 4.75. The SMILES string of the molecule is C12C3C4C5C(C1n1n3n15)n1n2n14. The van der Waals surface area contributed by atoms with Gasteiger partial charge in [0, 0.05) is 0 Å². The molecule has 2 aromatic rings. The first kappa shape index (κ1) is 3.68. The van der Waals surface area contributed by atoms with E-state index in [1.807, 2.05) is 0 Å². The summed E-state index contributed by atoms with van der Waals surface area (Å²) in [5.41, 5.74) is 0. The van der Waals surface area contributed by atoms with Gasteiger partial charge in [-0.2, -0.15) is 28.8 Å². The molecule has 0 atom stereocenters. The quantitative estimate of drug-likeness (QED) is 0.500. The maximum atomic E-state index is 2.50. The third kappa shape index (κ3) is 0.120. The molecule has 8 rings (SSSR count). The zero-order chi connectivity index (χ0) is 6.93. The van der Waals surface area contributed by atoms with Gasteiger partial charge in [-0.25, -0.2) is 0 Å². The Labute approximate surface area is 66.0 Å². The van der Waals surface area contributed by atoms with Crippen LogP contribution in [0.1, 0.15) is 36.3 Å². The van der Waals surface area contributed by atoms with Crippen molar-refractivity contribution in [3.63, 3.8) is 0 Å². The van der Waals surface area contributed by atoms with E-state index >= 15 is 0 Å². The highest BCUT2D eigenvalue weighted by Crippen LogP contribution is 2.80. The number of nitrogens with zero attached hydrogens (tertiary/aromatic N) is 6. The molecule has 6 heteroatoms. The van der Waals surface area contributed by atoms with Crippen molar-refractivity contribution in [2.75, 3.05) is 0 Å². The van der Waals surface area contributed by atoms with Crippen LogP contribution in [-0.2, 0) is 0 Å². The lowest BCUT2D eigenvalue weighted by atomic mass is 9.84. The van der Waals surface area contributed by atoms with Gasteiger partial charge in [0.2, 0.25) is 0 Å². The highest BCUT2D eigenvalue weighted by molar-refractivity contribution is 5.28. The largest absolute Gasteiger partial charge is 0.185 e. The van der Waals surface area contributed by atoms with Gasteiger partial charge in [-0.3, -0.25) is 0 Å². The van der Waals surface area contributed by atoms with E-state index in [1.165, 1.54) is 0 Å². The van der Waals surface area contributed by atoms with Crippen molar-refractivity contribution in [2.24, 2.45) is 0 Å². The van der Waals surface area contributed by atoms with Crippen molar-refractivity contribution >= 4 is 0 Å². The number of hydrogen-bond donors (Lipinski definition) is 0. The second kappa shape index (κ2) is 0.627. The molecular formula is C6H6N6. The van der Waals surface area contributed by atoms with Gasteiger partial charge in [-0.05, 0) is 0 Å². The van der Waals surface area contributed by atoms with Crippen LogP contribution in [0, 0.1) is 0 Å². The predicted molar refractivity (Wildman–Crippen MR) is 35.0 cm³/mol. The second-order valence-electron chi connectivity index (χ2n) is 4.87. The van der Waals surface area contributed by atoms with Crippen LogP contribution in [0.15, 0.2) is 0 Å². The van der Waals surface area contributed by atoms with Gasteiger partial charge in [0.05, 0.1) is 0 Å². The molecule has 0 amide bonds. The molecule has 0 N–H and O–H groups in total. The summed E-state index contributed by atoms with van der Waals surface area (Å²) in [6.45, 7) is 0. The van der Waals surface area contributed by atoms with E-state index in [-0.39, 0.29) is 0 Å². The zero-order valence-corrected chi connectivity index (χ0v) is 6.15. The topological polar surface area (TPSA) is 29.6 Å². The molecule has 0 spiro atoms. The van der Waals surface area contributed by atoms with Crippen molar-refractivity contribution in [2.45, 2.75) is 36.3 Å². The highest BCUT2D eigenvalue weighted by atomic mass is 16.1. The third-order valence-corrected chi connectivity index (χ3v) is 4.90. The van der Waals surface area contributed by atoms with Crippen molar-refractivity contribution in [1.82, 2.24) is 28.8 Å². The summed E-state index contributed by atoms with van der Waals surface area (Å²) >= 11 is 0. The van der Waals surface area contributed by atoms with Crippen LogP contribution in [0.3, 0.4) is 0 Å². The zero-order valence-electron chi connectivity index (χ0n) is 6.15. The molecule has 6 nitrogen and oxygen atoms in total. The molecule has 6 aliphatic heterocycles. The van der Waals surface area contributed by atoms with Crippen LogP contribution in [0.2, 0.25) is 0 Å². The summed E-state index contributed by atoms with van der Waals surface area (Å²) in [6.07, 6.45) is 0. The Morgan fingerprint density at radius 2 is 0.500 bits per heavy atom. The summed E-state index contributed by atoms with van der Waals surface area (Å²) in [6, 6.07) is 4.97. The standard InChI is InChI=1S/C6H6N6/c1-2-4-6-5(11-7(1)10(4)11)3(1)9-8(2)12(6)9/h1-6H. The monoisotopic (exact) mass is 162 g/mol. The van der Waals surface area contributed by atoms with E-state index in [0.29, 0.717) is 0 Å². The number of aromatic nitrogens is 6. The fraction of sp³-hybridized carbons (Fsp3) is 1.00. The van der Waals surface area contributed by atoms with Crippen molar-refractivity contribution in [3.8, 4) is 0 Å². The lowest BCUT2D eigenvalue weighted by molar-refractivity contribution is 0.300. The summed E-state index contributed by atoms with van der Waals surface area (Å²) in [4.78, 5) is 15.0. The molecule has 8 heterocycles. The summed E-state index contributed by atoms with van der Waals surface area (Å²) < 4.78 is 0. The smallest absolute Gasteiger partial charge is 0.123 e. The fourth-order valence-electron chi connectivity index (χ4n) is 4.81. The van der Waals surface area contributed by atoms with Crippen molar-refractivity contribution in [3.05, 3.63) is 0 Å². The van der Waals surface area contributed by atoms with Crippen LogP contribution >= 0.6 is 0 Å². The minimum Gasteiger partial charge on any atom is -0.185 e. The molecule has 0 fully saturated rings. The molecular weight excluding hydrogens is 156 g/mol. The fourth-order valence-corrected chi connectivity index (χ4v) is 4.81. The minimum absolute atomic E-state index is 0.829. The molecule has 6 aliphatic rings. The summed E-state index contributed by atoms with van der Waals surface area (Å²) in [5, 5.41) is 0. The van der Waals surface area contributed by atoms with Crippen LogP contribution in [0.4, 0.5) is 0 Å². The van der Waals surface area contributed by atoms with Crippen molar-refractivity contribution in [1.29, 1.82) is 0 Å². The van der Waals surface area contributed by atoms with Gasteiger partial charge >= 0.3 is 0 Å². The molecule has 0 saturated heterocycles. The van der Waals surface area contributed by atoms with E-state index in [0.717, 1.165) is 36.3 Å². The van der Waals surface area contributed by atoms with E-state index in [1.54, 1.807) is 0 Å². The summed E-state index contributed by atoms with van der Waals surface area (Å²) in [5.74, 6) is 0. The van der Waals surface area contributed by atoms with Gasteiger partial charge in [-0.15, -0.1) is 0 Å². The Balaban J connectivity index is 1.93. The average Bonchev–Trinajstić information content (AvgIpc) is 2.51. The minimum atomic E-state index is 0.829. The highest BCUT2D eigenvalue weighted by Gasteiger charge is 2.85. The Bertz CT molecular complexity index is 414. The Morgan fingerprint density at radius 3 is 0.667 bits per heavy atom. The Morgan fingerprint density at radius 1 is 0.333 bits per heavy atom. The molecule has 0 bridgehead atoms. The van der Waals surface area contributed by atoms with E-state index in [9.17, 15) is 0 Å². The number of hydrogen-bond acceptors (Lipinski definition) is 0. The second-order valence-corrected chi connectivity index (χ2v) is 4.87. The van der Waals surface area contributed by atoms with E-state index < -0.39 is 0 Å². The first-order valence-corrected chi connectivity index (χ1v) is 4.75. The van der Waals surface area contributed by atoms with Crippen LogP contribution < -0.4 is 0 Å². The van der Waals surface area contributed by atoms with Gasteiger partial charge in [0.25, 0.3) is 0 Å². The molecule has 60 valence electrons. The van der Waals surface area contributed by atoms with Crippen LogP contribution in [0.25, 0.3) is 0 Å².